The van der Waals surface area contributed by atoms with Gasteiger partial charge < -0.3 is 14.8 Å². The maximum atomic E-state index is 12.6. The van der Waals surface area contributed by atoms with Crippen molar-refractivity contribution in [3.05, 3.63) is 47.5 Å². The summed E-state index contributed by atoms with van der Waals surface area (Å²) in [6.45, 7) is 2.39. The van der Waals surface area contributed by atoms with Crippen LogP contribution in [-0.2, 0) is 22.9 Å². The van der Waals surface area contributed by atoms with Gasteiger partial charge in [-0.1, -0.05) is 6.07 Å². The predicted molar refractivity (Wildman–Crippen MR) is 102 cm³/mol. The second-order valence-corrected chi connectivity index (χ2v) is 8.17. The van der Waals surface area contributed by atoms with Gasteiger partial charge in [0.15, 0.2) is 11.5 Å². The highest BCUT2D eigenvalue weighted by Crippen LogP contribution is 2.29. The van der Waals surface area contributed by atoms with E-state index in [1.54, 1.807) is 26.4 Å². The lowest BCUT2D eigenvalue weighted by atomic mass is 10.1. The van der Waals surface area contributed by atoms with E-state index in [0.29, 0.717) is 35.4 Å². The van der Waals surface area contributed by atoms with Crippen molar-refractivity contribution in [2.45, 2.75) is 30.7 Å². The molecule has 2 aromatic carbocycles. The summed E-state index contributed by atoms with van der Waals surface area (Å²) in [6, 6.07) is 11.1. The van der Waals surface area contributed by atoms with Crippen LogP contribution >= 0.6 is 0 Å². The van der Waals surface area contributed by atoms with Crippen LogP contribution < -0.4 is 19.5 Å². The van der Waals surface area contributed by atoms with E-state index in [4.69, 9.17) is 9.47 Å². The van der Waals surface area contributed by atoms with Gasteiger partial charge in [-0.05, 0) is 61.2 Å². The second-order valence-electron chi connectivity index (χ2n) is 6.41. The Morgan fingerprint density at radius 2 is 1.88 bits per heavy atom. The maximum absolute atomic E-state index is 12.6. The minimum atomic E-state index is -3.53. The topological polar surface area (TPSA) is 76.7 Å². The molecule has 1 aliphatic heterocycles. The van der Waals surface area contributed by atoms with Crippen molar-refractivity contribution in [3.63, 3.8) is 0 Å². The maximum Gasteiger partial charge on any atom is 0.240 e. The molecule has 1 atom stereocenters. The normalized spacial score (nSPS) is 16.0. The third kappa shape index (κ3) is 3.94. The average Bonchev–Trinajstić information content (AvgIpc) is 3.00. The first-order valence-corrected chi connectivity index (χ1v) is 10.0. The Morgan fingerprint density at radius 1 is 1.12 bits per heavy atom. The van der Waals surface area contributed by atoms with Gasteiger partial charge in [-0.3, -0.25) is 0 Å². The molecular formula is C19H24N2O4S. The summed E-state index contributed by atoms with van der Waals surface area (Å²) in [6.07, 6.45) is 1.40. The fourth-order valence-electron chi connectivity index (χ4n) is 3.14. The minimum absolute atomic E-state index is 0.305. The van der Waals surface area contributed by atoms with Gasteiger partial charge in [0, 0.05) is 18.3 Å². The number of sulfonamides is 1. The summed E-state index contributed by atoms with van der Waals surface area (Å²) in [5.41, 5.74) is 3.03. The fourth-order valence-corrected chi connectivity index (χ4v) is 4.22. The number of rotatable bonds is 7. The number of methoxy groups -OCH3 is 2. The molecule has 6 nitrogen and oxygen atoms in total. The summed E-state index contributed by atoms with van der Waals surface area (Å²) in [5.74, 6) is 1.28. The Bertz CT molecular complexity index is 896. The zero-order chi connectivity index (χ0) is 18.7. The summed E-state index contributed by atoms with van der Waals surface area (Å²) >= 11 is 0. The largest absolute Gasteiger partial charge is 0.493 e. The zero-order valence-electron chi connectivity index (χ0n) is 15.2. The van der Waals surface area contributed by atoms with Crippen LogP contribution in [0, 0.1) is 0 Å². The lowest BCUT2D eigenvalue weighted by Crippen LogP contribution is -2.26. The number of hydrogen-bond acceptors (Lipinski definition) is 5. The SMILES string of the molecule is COc1ccc(CCNS(=O)(=O)c2ccc3c(c2)C[C@@H](C)N3)cc1OC. The second kappa shape index (κ2) is 7.55. The minimum Gasteiger partial charge on any atom is -0.493 e. The van der Waals surface area contributed by atoms with E-state index in [0.717, 1.165) is 23.2 Å². The molecule has 3 rings (SSSR count). The summed E-state index contributed by atoms with van der Waals surface area (Å²) in [7, 11) is -0.373. The summed E-state index contributed by atoms with van der Waals surface area (Å²) < 4.78 is 38.3. The number of benzene rings is 2. The van der Waals surface area contributed by atoms with E-state index < -0.39 is 10.0 Å². The van der Waals surface area contributed by atoms with E-state index in [-0.39, 0.29) is 0 Å². The molecule has 7 heteroatoms. The van der Waals surface area contributed by atoms with Gasteiger partial charge in [0.05, 0.1) is 19.1 Å². The van der Waals surface area contributed by atoms with Crippen molar-refractivity contribution in [1.29, 1.82) is 0 Å². The van der Waals surface area contributed by atoms with E-state index in [9.17, 15) is 8.42 Å². The summed E-state index contributed by atoms with van der Waals surface area (Å²) in [4.78, 5) is 0.305. The van der Waals surface area contributed by atoms with Crippen LogP contribution in [0.1, 0.15) is 18.1 Å². The highest BCUT2D eigenvalue weighted by atomic mass is 32.2. The molecule has 0 saturated carbocycles. The molecule has 1 aliphatic rings. The van der Waals surface area contributed by atoms with E-state index in [2.05, 4.69) is 17.0 Å². The van der Waals surface area contributed by atoms with Crippen LogP contribution in [0.2, 0.25) is 0 Å². The quantitative estimate of drug-likeness (QED) is 0.777. The standard InChI is InChI=1S/C19H24N2O4S/c1-13-10-15-12-16(5-6-17(15)21-13)26(22,23)20-9-8-14-4-7-18(24-2)19(11-14)25-3/h4-7,11-13,20-21H,8-10H2,1-3H3/t13-/m1/s1. The highest BCUT2D eigenvalue weighted by Gasteiger charge is 2.21. The summed E-state index contributed by atoms with van der Waals surface area (Å²) in [5, 5.41) is 3.32. The molecule has 0 aliphatic carbocycles. The van der Waals surface area contributed by atoms with Crippen molar-refractivity contribution in [2.75, 3.05) is 26.1 Å². The highest BCUT2D eigenvalue weighted by molar-refractivity contribution is 7.89. The molecular weight excluding hydrogens is 352 g/mol. The molecule has 0 amide bonds. The van der Waals surface area contributed by atoms with Crippen LogP contribution in [0.5, 0.6) is 11.5 Å². The monoisotopic (exact) mass is 376 g/mol. The van der Waals surface area contributed by atoms with Crippen LogP contribution in [-0.4, -0.2) is 35.2 Å². The smallest absolute Gasteiger partial charge is 0.240 e. The predicted octanol–water partition coefficient (Wildman–Crippen LogP) is 2.58. The van der Waals surface area contributed by atoms with Crippen molar-refractivity contribution in [3.8, 4) is 11.5 Å². The molecule has 0 saturated heterocycles. The third-order valence-electron chi connectivity index (χ3n) is 4.47. The Morgan fingerprint density at radius 3 is 2.62 bits per heavy atom. The molecule has 0 unspecified atom stereocenters. The van der Waals surface area contributed by atoms with E-state index >= 15 is 0 Å². The Labute approximate surface area is 154 Å². The molecule has 2 aromatic rings. The number of anilines is 1. The molecule has 0 radical (unpaired) electrons. The Kier molecular flexibility index (Phi) is 5.38. The van der Waals surface area contributed by atoms with Crippen LogP contribution in [0.15, 0.2) is 41.3 Å². The van der Waals surface area contributed by atoms with Gasteiger partial charge >= 0.3 is 0 Å². The van der Waals surface area contributed by atoms with Gasteiger partial charge in [-0.25, -0.2) is 13.1 Å². The van der Waals surface area contributed by atoms with Gasteiger partial charge in [0.2, 0.25) is 10.0 Å². The Hall–Kier alpha value is -2.25. The van der Waals surface area contributed by atoms with Crippen LogP contribution in [0.4, 0.5) is 5.69 Å². The van der Waals surface area contributed by atoms with Crippen molar-refractivity contribution >= 4 is 15.7 Å². The van der Waals surface area contributed by atoms with Crippen molar-refractivity contribution in [2.24, 2.45) is 0 Å². The molecule has 0 spiro atoms. The number of fused-ring (bicyclic) bond motifs is 1. The van der Waals surface area contributed by atoms with Crippen LogP contribution in [0.3, 0.4) is 0 Å². The van der Waals surface area contributed by atoms with Gasteiger partial charge in [-0.15, -0.1) is 0 Å². The van der Waals surface area contributed by atoms with Gasteiger partial charge in [0.25, 0.3) is 0 Å². The van der Waals surface area contributed by atoms with E-state index in [1.807, 2.05) is 24.3 Å². The lowest BCUT2D eigenvalue weighted by molar-refractivity contribution is 0.354. The van der Waals surface area contributed by atoms with Crippen LogP contribution in [0.25, 0.3) is 0 Å². The molecule has 0 bridgehead atoms. The van der Waals surface area contributed by atoms with E-state index in [1.165, 1.54) is 0 Å². The first-order valence-electron chi connectivity index (χ1n) is 8.53. The average molecular weight is 376 g/mol. The molecule has 2 N–H and O–H groups in total. The van der Waals surface area contributed by atoms with Gasteiger partial charge in [0.1, 0.15) is 0 Å². The first-order chi connectivity index (χ1) is 12.4. The molecule has 140 valence electrons. The first kappa shape index (κ1) is 18.5. The lowest BCUT2D eigenvalue weighted by Gasteiger charge is -2.11. The number of hydrogen-bond donors (Lipinski definition) is 2. The molecule has 1 heterocycles. The van der Waals surface area contributed by atoms with Crippen molar-refractivity contribution in [1.82, 2.24) is 4.72 Å². The third-order valence-corrected chi connectivity index (χ3v) is 5.93. The molecule has 0 aromatic heterocycles. The molecule has 26 heavy (non-hydrogen) atoms. The van der Waals surface area contributed by atoms with Gasteiger partial charge in [-0.2, -0.15) is 0 Å². The number of nitrogens with one attached hydrogen (secondary N) is 2. The fraction of sp³-hybridized carbons (Fsp3) is 0.368. The Balaban J connectivity index is 1.65. The van der Waals surface area contributed by atoms with Crippen molar-refractivity contribution < 1.29 is 17.9 Å². The molecule has 0 fully saturated rings. The number of ether oxygens (including phenoxy) is 2. The zero-order valence-corrected chi connectivity index (χ0v) is 16.0.